The Morgan fingerprint density at radius 1 is 1.30 bits per heavy atom. The van der Waals surface area contributed by atoms with E-state index in [0.29, 0.717) is 6.42 Å². The number of amides is 1. The first-order valence-electron chi connectivity index (χ1n) is 9.74. The van der Waals surface area contributed by atoms with Gasteiger partial charge in [-0.3, -0.25) is 14.3 Å². The molecule has 1 aliphatic rings. The molecule has 2 aromatic rings. The number of hydrogen-bond acceptors (Lipinski definition) is 6. The lowest BCUT2D eigenvalue weighted by Gasteiger charge is -2.19. The summed E-state index contributed by atoms with van der Waals surface area (Å²) in [6.45, 7) is 1.81. The highest BCUT2D eigenvalue weighted by molar-refractivity contribution is 5.92. The Balaban J connectivity index is 1.73. The summed E-state index contributed by atoms with van der Waals surface area (Å²) in [5, 5.41) is 10.2. The summed E-state index contributed by atoms with van der Waals surface area (Å²) in [5.74, 6) is -1.90. The van der Waals surface area contributed by atoms with Crippen molar-refractivity contribution >= 4 is 17.7 Å². The highest BCUT2D eigenvalue weighted by Gasteiger charge is 2.37. The van der Waals surface area contributed by atoms with E-state index in [2.05, 4.69) is 20.5 Å². The molecule has 164 valence electrons. The van der Waals surface area contributed by atoms with Crippen molar-refractivity contribution in [1.29, 1.82) is 0 Å². The van der Waals surface area contributed by atoms with E-state index in [9.17, 15) is 22.8 Å². The van der Waals surface area contributed by atoms with Gasteiger partial charge < -0.3 is 10.1 Å². The van der Waals surface area contributed by atoms with Gasteiger partial charge >= 0.3 is 12.1 Å². The molecule has 9 nitrogen and oxygen atoms in total. The minimum absolute atomic E-state index is 0.118. The molecule has 0 aromatic carbocycles. The highest BCUT2D eigenvalue weighted by atomic mass is 19.4. The molecule has 0 unspecified atom stereocenters. The molecule has 0 bridgehead atoms. The second-order valence-electron chi connectivity index (χ2n) is 7.14. The van der Waals surface area contributed by atoms with Crippen molar-refractivity contribution in [3.05, 3.63) is 24.4 Å². The number of carbonyl (C=O) groups is 2. The van der Waals surface area contributed by atoms with Crippen molar-refractivity contribution in [2.24, 2.45) is 5.92 Å². The third-order valence-electron chi connectivity index (χ3n) is 4.90. The van der Waals surface area contributed by atoms with Gasteiger partial charge in [-0.15, -0.1) is 5.10 Å². The minimum atomic E-state index is -4.69. The number of anilines is 1. The third-order valence-corrected chi connectivity index (χ3v) is 4.90. The van der Waals surface area contributed by atoms with Crippen LogP contribution in [0.3, 0.4) is 0 Å². The van der Waals surface area contributed by atoms with Crippen LogP contribution >= 0.6 is 0 Å². The predicted molar refractivity (Wildman–Crippen MR) is 98.1 cm³/mol. The van der Waals surface area contributed by atoms with Crippen LogP contribution in [-0.2, 0) is 27.0 Å². The molecular weight excluding hydrogens is 405 g/mol. The van der Waals surface area contributed by atoms with Crippen LogP contribution in [0.4, 0.5) is 19.0 Å². The van der Waals surface area contributed by atoms with Crippen LogP contribution in [0.1, 0.15) is 50.9 Å². The first-order chi connectivity index (χ1) is 14.3. The number of esters is 1. The van der Waals surface area contributed by atoms with E-state index in [-0.39, 0.29) is 24.9 Å². The van der Waals surface area contributed by atoms with Crippen LogP contribution in [0.5, 0.6) is 0 Å². The van der Waals surface area contributed by atoms with E-state index in [4.69, 9.17) is 4.74 Å². The van der Waals surface area contributed by atoms with Crippen molar-refractivity contribution in [3.8, 4) is 0 Å². The van der Waals surface area contributed by atoms with Gasteiger partial charge in [0.1, 0.15) is 18.9 Å². The summed E-state index contributed by atoms with van der Waals surface area (Å²) >= 11 is 0. The molecule has 1 fully saturated rings. The Morgan fingerprint density at radius 2 is 2.03 bits per heavy atom. The van der Waals surface area contributed by atoms with Gasteiger partial charge in [-0.05, 0) is 19.3 Å². The molecule has 3 rings (SSSR count). The number of nitrogens with one attached hydrogen (secondary N) is 1. The first kappa shape index (κ1) is 21.8. The molecule has 12 heteroatoms. The highest BCUT2D eigenvalue weighted by Crippen LogP contribution is 2.33. The van der Waals surface area contributed by atoms with Crippen molar-refractivity contribution < 1.29 is 27.5 Å². The van der Waals surface area contributed by atoms with Crippen LogP contribution in [-0.4, -0.2) is 43.0 Å². The summed E-state index contributed by atoms with van der Waals surface area (Å²) in [6, 6.07) is 0.540. The zero-order chi connectivity index (χ0) is 21.7. The van der Waals surface area contributed by atoms with Gasteiger partial charge in [0, 0.05) is 12.3 Å². The number of hydrogen-bond donors (Lipinski definition) is 1. The average molecular weight is 428 g/mol. The van der Waals surface area contributed by atoms with Gasteiger partial charge in [0.15, 0.2) is 5.82 Å². The van der Waals surface area contributed by atoms with E-state index >= 15 is 0 Å². The molecule has 1 N–H and O–H groups in total. The largest absolute Gasteiger partial charge is 0.465 e. The molecule has 2 aromatic heterocycles. The maximum absolute atomic E-state index is 12.9. The van der Waals surface area contributed by atoms with Gasteiger partial charge in [-0.25, -0.2) is 9.67 Å². The van der Waals surface area contributed by atoms with Crippen LogP contribution < -0.4 is 5.32 Å². The number of alkyl halides is 3. The van der Waals surface area contributed by atoms with Crippen LogP contribution in [0.2, 0.25) is 0 Å². The van der Waals surface area contributed by atoms with Crippen LogP contribution in [0.15, 0.2) is 18.6 Å². The Labute approximate surface area is 170 Å². The number of rotatable bonds is 8. The molecule has 1 amide bonds. The Hall–Kier alpha value is -2.92. The standard InChI is InChI=1S/C18H23F3N6O3/c1-2-30-15(28)10-26-8-7-14(24-26)23-16(29)13(9-12-5-3-4-6-12)27-11-22-17(25-27)18(19,20)21/h7-8,11-13H,2-6,9-10H2,1H3,(H,23,24,29)/t13-/m0/s1. The molecule has 0 saturated heterocycles. The van der Waals surface area contributed by atoms with Gasteiger partial charge in [-0.2, -0.15) is 18.3 Å². The maximum Gasteiger partial charge on any atom is 0.453 e. The smallest absolute Gasteiger partial charge is 0.453 e. The Morgan fingerprint density at radius 3 is 2.67 bits per heavy atom. The van der Waals surface area contributed by atoms with Crippen molar-refractivity contribution in [1.82, 2.24) is 24.5 Å². The SMILES string of the molecule is CCOC(=O)Cn1ccc(NC(=O)[C@H](CC2CCCC2)n2cnc(C(F)(F)F)n2)n1. The predicted octanol–water partition coefficient (Wildman–Crippen LogP) is 2.82. The van der Waals surface area contributed by atoms with E-state index in [1.54, 1.807) is 6.92 Å². The normalized spacial score (nSPS) is 15.9. The fourth-order valence-corrected chi connectivity index (χ4v) is 3.52. The summed E-state index contributed by atoms with van der Waals surface area (Å²) in [7, 11) is 0. The number of nitrogens with zero attached hydrogens (tertiary/aromatic N) is 5. The molecule has 30 heavy (non-hydrogen) atoms. The molecular formula is C18H23F3N6O3. The van der Waals surface area contributed by atoms with Crippen LogP contribution in [0.25, 0.3) is 0 Å². The fraction of sp³-hybridized carbons (Fsp3) is 0.611. The maximum atomic E-state index is 12.9. The summed E-state index contributed by atoms with van der Waals surface area (Å²) in [5.41, 5.74) is 0. The summed E-state index contributed by atoms with van der Waals surface area (Å²) < 4.78 is 45.8. The molecule has 1 atom stereocenters. The molecule has 1 saturated carbocycles. The molecule has 0 spiro atoms. The molecule has 1 aliphatic carbocycles. The summed E-state index contributed by atoms with van der Waals surface area (Å²) in [6.07, 6.45) is 1.99. The van der Waals surface area contributed by atoms with E-state index in [1.807, 2.05) is 0 Å². The number of aromatic nitrogens is 5. The monoisotopic (exact) mass is 428 g/mol. The van der Waals surface area contributed by atoms with Gasteiger partial charge in [0.2, 0.25) is 0 Å². The fourth-order valence-electron chi connectivity index (χ4n) is 3.52. The third kappa shape index (κ3) is 5.57. The average Bonchev–Trinajstić information content (AvgIpc) is 3.41. The van der Waals surface area contributed by atoms with Gasteiger partial charge in [0.25, 0.3) is 11.7 Å². The second-order valence-corrected chi connectivity index (χ2v) is 7.14. The lowest BCUT2D eigenvalue weighted by molar-refractivity contribution is -0.145. The second kappa shape index (κ2) is 9.26. The van der Waals surface area contributed by atoms with Gasteiger partial charge in [-0.1, -0.05) is 25.7 Å². The quantitative estimate of drug-likeness (QED) is 0.649. The first-order valence-corrected chi connectivity index (χ1v) is 9.74. The number of halogens is 3. The Kier molecular flexibility index (Phi) is 6.73. The minimum Gasteiger partial charge on any atom is -0.465 e. The topological polar surface area (TPSA) is 104 Å². The zero-order valence-corrected chi connectivity index (χ0v) is 16.4. The lowest BCUT2D eigenvalue weighted by atomic mass is 9.98. The molecule has 0 aliphatic heterocycles. The van der Waals surface area contributed by atoms with Crippen molar-refractivity contribution in [2.45, 2.75) is 57.8 Å². The van der Waals surface area contributed by atoms with E-state index in [1.165, 1.54) is 16.9 Å². The van der Waals surface area contributed by atoms with E-state index < -0.39 is 29.9 Å². The number of carbonyl (C=O) groups excluding carboxylic acids is 2. The van der Waals surface area contributed by atoms with Crippen molar-refractivity contribution in [3.63, 3.8) is 0 Å². The zero-order valence-electron chi connectivity index (χ0n) is 16.4. The van der Waals surface area contributed by atoms with Crippen molar-refractivity contribution in [2.75, 3.05) is 11.9 Å². The summed E-state index contributed by atoms with van der Waals surface area (Å²) in [4.78, 5) is 27.7. The number of ether oxygens (including phenoxy) is 1. The Bertz CT molecular complexity index is 873. The van der Waals surface area contributed by atoms with Crippen LogP contribution in [0, 0.1) is 5.92 Å². The van der Waals surface area contributed by atoms with Gasteiger partial charge in [0.05, 0.1) is 6.61 Å². The van der Waals surface area contributed by atoms with E-state index in [0.717, 1.165) is 36.7 Å². The molecule has 0 radical (unpaired) electrons. The molecule has 2 heterocycles. The lowest BCUT2D eigenvalue weighted by Crippen LogP contribution is -2.29.